The van der Waals surface area contributed by atoms with Gasteiger partial charge in [0.2, 0.25) is 0 Å². The molecule has 0 radical (unpaired) electrons. The van der Waals surface area contributed by atoms with Gasteiger partial charge in [0.1, 0.15) is 17.0 Å². The van der Waals surface area contributed by atoms with Crippen molar-refractivity contribution in [3.05, 3.63) is 76.9 Å². The van der Waals surface area contributed by atoms with Crippen LogP contribution in [0.2, 0.25) is 0 Å². The number of primary amides is 1. The van der Waals surface area contributed by atoms with E-state index in [1.54, 1.807) is 18.5 Å². The fraction of sp³-hybridized carbons (Fsp3) is 0.0476. The molecule has 4 rings (SSSR count). The van der Waals surface area contributed by atoms with Gasteiger partial charge in [0.15, 0.2) is 6.21 Å². The van der Waals surface area contributed by atoms with E-state index in [9.17, 15) is 9.18 Å². The van der Waals surface area contributed by atoms with Crippen LogP contribution in [0, 0.1) is 12.7 Å². The van der Waals surface area contributed by atoms with Crippen LogP contribution in [0.1, 0.15) is 20.8 Å². The minimum absolute atomic E-state index is 0.00723. The summed E-state index contributed by atoms with van der Waals surface area (Å²) in [4.78, 5) is 21.9. The molecule has 0 saturated heterocycles. The molecule has 0 spiro atoms. The third-order valence-electron chi connectivity index (χ3n) is 4.62. The lowest BCUT2D eigenvalue weighted by Crippen LogP contribution is -2.82. The Balaban J connectivity index is 1.68. The SMILES string of the molecule is Cc1cnc([NH2+]C(=O)c2ccc(-c3cnc4ccc(C(C=[NH2+])=CN)cn34)cc2F)s1. The lowest BCUT2D eigenvalue weighted by atomic mass is 10.1. The van der Waals surface area contributed by atoms with Gasteiger partial charge < -0.3 is 5.73 Å². The van der Waals surface area contributed by atoms with Crippen molar-refractivity contribution in [3.8, 4) is 11.3 Å². The number of thiazole rings is 1. The number of carbonyl (C=O) groups is 1. The van der Waals surface area contributed by atoms with E-state index in [1.165, 1.54) is 41.2 Å². The van der Waals surface area contributed by atoms with Crippen LogP contribution >= 0.6 is 11.3 Å². The first-order valence-electron chi connectivity index (χ1n) is 9.06. The molecule has 1 amide bonds. The summed E-state index contributed by atoms with van der Waals surface area (Å²) in [6, 6.07) is 8.19. The molecule has 0 bridgehead atoms. The van der Waals surface area contributed by atoms with Crippen LogP contribution < -0.4 is 16.5 Å². The first-order chi connectivity index (χ1) is 14.5. The molecule has 6 N–H and O–H groups in total. The maximum Gasteiger partial charge on any atom is 0.352 e. The smallest absolute Gasteiger partial charge is 0.352 e. The number of nitrogens with zero attached hydrogens (tertiary/aromatic N) is 3. The topological polar surface area (TPSA) is 115 Å². The van der Waals surface area contributed by atoms with Crippen molar-refractivity contribution in [2.24, 2.45) is 5.73 Å². The summed E-state index contributed by atoms with van der Waals surface area (Å²) in [6.45, 7) is 1.90. The fourth-order valence-corrected chi connectivity index (χ4v) is 3.82. The average Bonchev–Trinajstić information content (AvgIpc) is 3.34. The summed E-state index contributed by atoms with van der Waals surface area (Å²) >= 11 is 1.38. The van der Waals surface area contributed by atoms with Crippen molar-refractivity contribution in [3.63, 3.8) is 0 Å². The van der Waals surface area contributed by atoms with E-state index in [0.717, 1.165) is 10.4 Å². The van der Waals surface area contributed by atoms with Gasteiger partial charge in [-0.15, -0.1) is 0 Å². The van der Waals surface area contributed by atoms with Crippen molar-refractivity contribution in [1.29, 1.82) is 0 Å². The zero-order valence-corrected chi connectivity index (χ0v) is 16.9. The van der Waals surface area contributed by atoms with Gasteiger partial charge in [0, 0.05) is 34.6 Å². The Morgan fingerprint density at radius 1 is 1.27 bits per heavy atom. The lowest BCUT2D eigenvalue weighted by Gasteiger charge is -2.06. The Morgan fingerprint density at radius 3 is 2.77 bits per heavy atom. The fourth-order valence-electron chi connectivity index (χ4n) is 3.12. The standard InChI is InChI=1S/C21H17FN6OS/c1-12-9-26-21(30-12)27-20(29)16-4-2-13(6-17(16)22)18-10-25-19-5-3-14(11-28(18)19)15(7-23)8-24/h2-11,23H,24H2,1H3,(H,26,27,29)/p+2. The van der Waals surface area contributed by atoms with Gasteiger partial charge in [0.25, 0.3) is 5.13 Å². The van der Waals surface area contributed by atoms with E-state index in [1.807, 2.05) is 29.7 Å². The Hall–Kier alpha value is -3.69. The van der Waals surface area contributed by atoms with Gasteiger partial charge in [0.05, 0.1) is 17.5 Å². The number of fused-ring (bicyclic) bond motifs is 1. The predicted octanol–water partition coefficient (Wildman–Crippen LogP) is 1.07. The molecular formula is C21H19FN6OS+2. The highest BCUT2D eigenvalue weighted by atomic mass is 32.1. The molecule has 30 heavy (non-hydrogen) atoms. The molecule has 0 aliphatic heterocycles. The number of aromatic nitrogens is 3. The molecule has 0 fully saturated rings. The van der Waals surface area contributed by atoms with E-state index < -0.39 is 11.7 Å². The van der Waals surface area contributed by atoms with E-state index in [2.05, 4.69) is 9.97 Å². The second-order valence-electron chi connectivity index (χ2n) is 6.59. The third-order valence-corrected chi connectivity index (χ3v) is 5.48. The zero-order valence-electron chi connectivity index (χ0n) is 16.0. The number of rotatable bonds is 5. The van der Waals surface area contributed by atoms with Gasteiger partial charge in [-0.2, -0.15) is 4.98 Å². The number of halogens is 1. The second-order valence-corrected chi connectivity index (χ2v) is 7.86. The Kier molecular flexibility index (Phi) is 5.21. The minimum Gasteiger partial charge on any atom is -0.404 e. The maximum atomic E-state index is 14.8. The molecule has 0 unspecified atom stereocenters. The van der Waals surface area contributed by atoms with Crippen LogP contribution in [-0.4, -0.2) is 26.5 Å². The predicted molar refractivity (Wildman–Crippen MR) is 114 cm³/mol. The Bertz CT molecular complexity index is 1310. The number of pyridine rings is 1. The van der Waals surface area contributed by atoms with Gasteiger partial charge in [-0.25, -0.2) is 19.5 Å². The van der Waals surface area contributed by atoms with Crippen LogP contribution in [0.3, 0.4) is 0 Å². The minimum atomic E-state index is -0.606. The highest BCUT2D eigenvalue weighted by Gasteiger charge is 2.20. The summed E-state index contributed by atoms with van der Waals surface area (Å²) in [5.74, 6) is -1.03. The van der Waals surface area contributed by atoms with Gasteiger partial charge >= 0.3 is 5.91 Å². The lowest BCUT2D eigenvalue weighted by molar-refractivity contribution is -0.463. The molecule has 0 atom stereocenters. The van der Waals surface area contributed by atoms with E-state index >= 15 is 0 Å². The number of amides is 1. The number of allylic oxidation sites excluding steroid dienone is 1. The molecule has 7 nitrogen and oxygen atoms in total. The summed E-state index contributed by atoms with van der Waals surface area (Å²) in [7, 11) is 0. The third kappa shape index (κ3) is 3.63. The summed E-state index contributed by atoms with van der Waals surface area (Å²) in [6.07, 6.45) is 7.99. The summed E-state index contributed by atoms with van der Waals surface area (Å²) in [5.41, 5.74) is 9.03. The quantitative estimate of drug-likeness (QED) is 0.417. The van der Waals surface area contributed by atoms with Gasteiger partial charge in [-0.1, -0.05) is 17.4 Å². The molecule has 9 heteroatoms. The number of imidazole rings is 1. The van der Waals surface area contributed by atoms with E-state index in [4.69, 9.17) is 11.1 Å². The van der Waals surface area contributed by atoms with E-state index in [0.29, 0.717) is 27.6 Å². The molecule has 3 heterocycles. The number of aryl methyl sites for hydroxylation is 1. The Labute approximate surface area is 175 Å². The van der Waals surface area contributed by atoms with Crippen LogP contribution in [0.25, 0.3) is 22.5 Å². The molecule has 3 aromatic heterocycles. The molecule has 0 saturated carbocycles. The number of nitrogens with two attached hydrogens (primary N) is 3. The Morgan fingerprint density at radius 2 is 2.10 bits per heavy atom. The zero-order chi connectivity index (χ0) is 21.3. The summed E-state index contributed by atoms with van der Waals surface area (Å²) in [5, 5.41) is 7.52. The largest absolute Gasteiger partial charge is 0.404 e. The molecule has 150 valence electrons. The molecular weight excluding hydrogens is 403 g/mol. The molecule has 0 aliphatic carbocycles. The van der Waals surface area contributed by atoms with Crippen molar-refractivity contribution >= 4 is 39.8 Å². The number of benzene rings is 1. The van der Waals surface area contributed by atoms with Crippen LogP contribution in [0.4, 0.5) is 9.52 Å². The molecule has 1 aromatic carbocycles. The number of hydrogen-bond donors (Lipinski definition) is 3. The number of hydrogen-bond acceptors (Lipinski definition) is 5. The molecule has 4 aromatic rings. The van der Waals surface area contributed by atoms with Crippen molar-refractivity contribution < 1.29 is 19.9 Å². The van der Waals surface area contributed by atoms with Gasteiger partial charge in [-0.3, -0.25) is 9.81 Å². The first kappa shape index (κ1) is 19.6. The van der Waals surface area contributed by atoms with Crippen molar-refractivity contribution in [1.82, 2.24) is 14.4 Å². The number of carbonyl (C=O) groups excluding carboxylic acids is 1. The second kappa shape index (κ2) is 7.97. The number of quaternary nitrogens is 1. The molecule has 0 aliphatic rings. The van der Waals surface area contributed by atoms with Crippen LogP contribution in [-0.2, 0) is 0 Å². The summed E-state index contributed by atoms with van der Waals surface area (Å²) < 4.78 is 16.6. The van der Waals surface area contributed by atoms with E-state index in [-0.39, 0.29) is 5.56 Å². The maximum absolute atomic E-state index is 14.8. The monoisotopic (exact) mass is 422 g/mol. The van der Waals surface area contributed by atoms with Crippen LogP contribution in [0.5, 0.6) is 0 Å². The van der Waals surface area contributed by atoms with Crippen molar-refractivity contribution in [2.75, 3.05) is 0 Å². The average molecular weight is 422 g/mol. The highest BCUT2D eigenvalue weighted by molar-refractivity contribution is 7.14. The van der Waals surface area contributed by atoms with Crippen LogP contribution in [0.15, 0.2) is 55.1 Å². The van der Waals surface area contributed by atoms with Gasteiger partial charge in [-0.05, 0) is 31.2 Å². The normalized spacial score (nSPS) is 11.7. The highest BCUT2D eigenvalue weighted by Crippen LogP contribution is 2.25. The first-order valence-corrected chi connectivity index (χ1v) is 9.87. The van der Waals surface area contributed by atoms with Crippen molar-refractivity contribution in [2.45, 2.75) is 6.92 Å².